The predicted octanol–water partition coefficient (Wildman–Crippen LogP) is -1.02. The summed E-state index contributed by atoms with van der Waals surface area (Å²) in [6.07, 6.45) is 3.33. The molecular weight excluding hydrogens is 364 g/mol. The van der Waals surface area contributed by atoms with Crippen LogP contribution in [0.3, 0.4) is 0 Å². The molecule has 0 fully saturated rings. The summed E-state index contributed by atoms with van der Waals surface area (Å²) in [4.78, 5) is 29.5. The smallest absolute Gasteiger partial charge is 0.329 e. The Morgan fingerprint density at radius 1 is 0.667 bits per heavy atom. The van der Waals surface area contributed by atoms with E-state index in [1.807, 2.05) is 0 Å². The zero-order valence-corrected chi connectivity index (χ0v) is 15.9. The molecule has 10 heteroatoms. The van der Waals surface area contributed by atoms with Crippen LogP contribution in [0.15, 0.2) is 38.0 Å². The number of aliphatic hydroxyl groups excluding tert-OH is 4. The molecule has 0 atom stereocenters. The monoisotopic (exact) mass is 394 g/mol. The molecule has 158 valence electrons. The lowest BCUT2D eigenvalue weighted by Crippen LogP contribution is -2.37. The third kappa shape index (κ3) is 23.5. The van der Waals surface area contributed by atoms with E-state index in [-0.39, 0.29) is 0 Å². The van der Waals surface area contributed by atoms with E-state index in [1.54, 1.807) is 0 Å². The average molecular weight is 394 g/mol. The van der Waals surface area contributed by atoms with Gasteiger partial charge in [-0.3, -0.25) is 0 Å². The molecule has 0 aliphatic carbocycles. The fourth-order valence-corrected chi connectivity index (χ4v) is 0.550. The van der Waals surface area contributed by atoms with Crippen LogP contribution in [0, 0.1) is 5.41 Å². The van der Waals surface area contributed by atoms with Crippen molar-refractivity contribution in [2.45, 2.75) is 0 Å². The van der Waals surface area contributed by atoms with Crippen LogP contribution in [0.2, 0.25) is 0 Å². The first-order valence-electron chi connectivity index (χ1n) is 7.22. The maximum absolute atomic E-state index is 9.84. The minimum Gasteiger partial charge on any atom is -0.466 e. The maximum Gasteiger partial charge on any atom is 0.329 e. The van der Waals surface area contributed by atoms with Crippen molar-refractivity contribution in [1.82, 2.24) is 0 Å². The van der Waals surface area contributed by atoms with E-state index < -0.39 is 49.8 Å². The standard InChI is InChI=1S/C5H12O4.3C4H6O2/c6-1-5(2-7,3-8)4-9;3*1-3-4(5)6-2/h6-9H,1-4H2;3*3H,1H2,2H3. The van der Waals surface area contributed by atoms with E-state index in [4.69, 9.17) is 20.4 Å². The molecule has 0 unspecified atom stereocenters. The molecule has 0 heterocycles. The average Bonchev–Trinajstić information content (AvgIpc) is 2.75. The zero-order valence-electron chi connectivity index (χ0n) is 15.9. The fourth-order valence-electron chi connectivity index (χ4n) is 0.550. The van der Waals surface area contributed by atoms with Crippen LogP contribution in [0.4, 0.5) is 0 Å². The number of rotatable bonds is 7. The Labute approximate surface area is 159 Å². The van der Waals surface area contributed by atoms with E-state index in [0.29, 0.717) is 0 Å². The Morgan fingerprint density at radius 2 is 0.852 bits per heavy atom. The van der Waals surface area contributed by atoms with Crippen molar-refractivity contribution in [2.24, 2.45) is 5.41 Å². The second-order valence-corrected chi connectivity index (χ2v) is 4.31. The number of hydrogen-bond acceptors (Lipinski definition) is 10. The molecule has 0 rings (SSSR count). The quantitative estimate of drug-likeness (QED) is 0.239. The second kappa shape index (κ2) is 23.5. The van der Waals surface area contributed by atoms with Gasteiger partial charge in [0.1, 0.15) is 0 Å². The minimum absolute atomic E-state index is 0.394. The number of esters is 3. The van der Waals surface area contributed by atoms with Gasteiger partial charge >= 0.3 is 17.9 Å². The Morgan fingerprint density at radius 3 is 0.852 bits per heavy atom. The van der Waals surface area contributed by atoms with Crippen LogP contribution >= 0.6 is 0 Å². The van der Waals surface area contributed by atoms with Gasteiger partial charge in [0.25, 0.3) is 0 Å². The van der Waals surface area contributed by atoms with Crippen molar-refractivity contribution in [3.8, 4) is 0 Å². The van der Waals surface area contributed by atoms with Gasteiger partial charge in [-0.15, -0.1) is 0 Å². The summed E-state index contributed by atoms with van der Waals surface area (Å²) in [5, 5.41) is 34.0. The normalized spacial score (nSPS) is 8.56. The Kier molecular flexibility index (Phi) is 28.0. The lowest BCUT2D eigenvalue weighted by molar-refractivity contribution is -0.135. The molecule has 0 bridgehead atoms. The number of aliphatic hydroxyl groups is 4. The van der Waals surface area contributed by atoms with E-state index in [0.717, 1.165) is 18.2 Å². The molecule has 0 aromatic carbocycles. The number of carbonyl (C=O) groups excluding carboxylic acids is 3. The number of methoxy groups -OCH3 is 3. The van der Waals surface area contributed by atoms with Gasteiger partial charge in [0, 0.05) is 18.2 Å². The highest BCUT2D eigenvalue weighted by molar-refractivity contribution is 5.81. The maximum atomic E-state index is 9.84. The third-order valence-electron chi connectivity index (χ3n) is 2.45. The van der Waals surface area contributed by atoms with Crippen molar-refractivity contribution in [2.75, 3.05) is 47.8 Å². The van der Waals surface area contributed by atoms with Gasteiger partial charge < -0.3 is 34.6 Å². The van der Waals surface area contributed by atoms with Gasteiger partial charge in [-0.25, -0.2) is 14.4 Å². The van der Waals surface area contributed by atoms with E-state index in [1.165, 1.54) is 21.3 Å². The molecular formula is C17H30O10. The number of carbonyl (C=O) groups is 3. The van der Waals surface area contributed by atoms with E-state index >= 15 is 0 Å². The minimum atomic E-state index is -1.11. The molecule has 0 aromatic heterocycles. The van der Waals surface area contributed by atoms with Gasteiger partial charge in [-0.05, 0) is 0 Å². The summed E-state index contributed by atoms with van der Waals surface area (Å²) in [7, 11) is 3.93. The van der Waals surface area contributed by atoms with Crippen molar-refractivity contribution >= 4 is 17.9 Å². The molecule has 0 amide bonds. The fraction of sp³-hybridized carbons (Fsp3) is 0.471. The number of ether oxygens (including phenoxy) is 3. The van der Waals surface area contributed by atoms with Crippen molar-refractivity contribution in [3.05, 3.63) is 38.0 Å². The Balaban J connectivity index is -0.000000133. The summed E-state index contributed by atoms with van der Waals surface area (Å²) in [5.74, 6) is -1.18. The number of hydrogen-bond donors (Lipinski definition) is 4. The van der Waals surface area contributed by atoms with Crippen LogP contribution in [0.25, 0.3) is 0 Å². The summed E-state index contributed by atoms with van der Waals surface area (Å²) >= 11 is 0. The van der Waals surface area contributed by atoms with Gasteiger partial charge in [0.2, 0.25) is 0 Å². The van der Waals surface area contributed by atoms with Gasteiger partial charge in [0.15, 0.2) is 0 Å². The molecule has 0 aromatic rings. The van der Waals surface area contributed by atoms with Crippen LogP contribution in [0.5, 0.6) is 0 Å². The highest BCUT2D eigenvalue weighted by atomic mass is 16.5. The molecule has 10 nitrogen and oxygen atoms in total. The zero-order chi connectivity index (χ0) is 22.3. The Bertz CT molecular complexity index is 362. The summed E-state index contributed by atoms with van der Waals surface area (Å²) in [6, 6.07) is 0. The predicted molar refractivity (Wildman–Crippen MR) is 97.4 cm³/mol. The molecule has 0 aliphatic rings. The van der Waals surface area contributed by atoms with E-state index in [2.05, 4.69) is 33.9 Å². The van der Waals surface area contributed by atoms with Crippen molar-refractivity contribution < 1.29 is 49.0 Å². The lowest BCUT2D eigenvalue weighted by atomic mass is 9.93. The molecule has 0 saturated heterocycles. The molecule has 0 spiro atoms. The van der Waals surface area contributed by atoms with Crippen LogP contribution < -0.4 is 0 Å². The molecule has 0 radical (unpaired) electrons. The van der Waals surface area contributed by atoms with Gasteiger partial charge in [-0.1, -0.05) is 19.7 Å². The van der Waals surface area contributed by atoms with Crippen LogP contribution in [0.1, 0.15) is 0 Å². The van der Waals surface area contributed by atoms with Gasteiger partial charge in [-0.2, -0.15) is 0 Å². The first-order valence-corrected chi connectivity index (χ1v) is 7.22. The van der Waals surface area contributed by atoms with Crippen LogP contribution in [-0.2, 0) is 28.6 Å². The lowest BCUT2D eigenvalue weighted by Gasteiger charge is -2.23. The van der Waals surface area contributed by atoms with Crippen molar-refractivity contribution in [1.29, 1.82) is 0 Å². The summed E-state index contributed by atoms with van der Waals surface area (Å²) in [5.41, 5.74) is -1.11. The topological polar surface area (TPSA) is 160 Å². The Hall–Kier alpha value is -2.53. The summed E-state index contributed by atoms with van der Waals surface area (Å²) in [6.45, 7) is 7.85. The highest BCUT2D eigenvalue weighted by Gasteiger charge is 2.26. The van der Waals surface area contributed by atoms with Crippen LogP contribution in [-0.4, -0.2) is 86.1 Å². The second-order valence-electron chi connectivity index (χ2n) is 4.31. The summed E-state index contributed by atoms with van der Waals surface area (Å²) < 4.78 is 12.4. The first kappa shape index (κ1) is 32.2. The molecule has 0 saturated carbocycles. The SMILES string of the molecule is C=CC(=O)OC.C=CC(=O)OC.C=CC(=O)OC.OCC(CO)(CO)CO. The first-order chi connectivity index (χ1) is 12.7. The van der Waals surface area contributed by atoms with Crippen molar-refractivity contribution in [3.63, 3.8) is 0 Å². The molecule has 27 heavy (non-hydrogen) atoms. The third-order valence-corrected chi connectivity index (χ3v) is 2.45. The van der Waals surface area contributed by atoms with E-state index in [9.17, 15) is 14.4 Å². The largest absolute Gasteiger partial charge is 0.466 e. The molecule has 4 N–H and O–H groups in total. The van der Waals surface area contributed by atoms with Gasteiger partial charge in [0.05, 0.1) is 53.2 Å². The molecule has 0 aliphatic heterocycles. The highest BCUT2D eigenvalue weighted by Crippen LogP contribution is 2.11.